The SMILES string of the molecule is CCN(C)N(Cc1nc2ccc(F)cc2s1)C(=O)c1cc2c(cc1F)nc(N)c1cnn(C)c12. The number of fused-ring (bicyclic) bond motifs is 4. The number of benzene rings is 2. The number of aromatic nitrogens is 4. The van der Waals surface area contributed by atoms with Crippen LogP contribution in [0.5, 0.6) is 0 Å². The number of rotatable bonds is 5. The standard InChI is InChI=1S/C23H21F2N7OS/c1-4-30(2)32(11-20-28-17-6-5-12(24)7-19(17)34-20)23(33)13-8-14-18(9-16(13)25)29-22(26)15-10-27-31(3)21(14)15/h5-10H,4,11H2,1-3H3,(H2,26,29). The Bertz CT molecular complexity index is 1580. The van der Waals surface area contributed by atoms with E-state index in [9.17, 15) is 9.18 Å². The molecule has 2 N–H and O–H groups in total. The van der Waals surface area contributed by atoms with E-state index < -0.39 is 11.7 Å². The van der Waals surface area contributed by atoms with Gasteiger partial charge in [0.15, 0.2) is 0 Å². The van der Waals surface area contributed by atoms with Crippen molar-refractivity contribution in [2.75, 3.05) is 19.3 Å². The molecule has 0 atom stereocenters. The van der Waals surface area contributed by atoms with Gasteiger partial charge >= 0.3 is 0 Å². The van der Waals surface area contributed by atoms with Gasteiger partial charge in [0.05, 0.1) is 44.9 Å². The molecule has 0 radical (unpaired) electrons. The zero-order valence-corrected chi connectivity index (χ0v) is 19.5. The monoisotopic (exact) mass is 481 g/mol. The first-order chi connectivity index (χ1) is 16.3. The lowest BCUT2D eigenvalue weighted by molar-refractivity contribution is 0.00336. The minimum Gasteiger partial charge on any atom is -0.383 e. The minimum absolute atomic E-state index is 0.103. The first kappa shape index (κ1) is 22.1. The van der Waals surface area contributed by atoms with E-state index in [2.05, 4.69) is 15.1 Å². The van der Waals surface area contributed by atoms with Crippen LogP contribution >= 0.6 is 11.3 Å². The number of thiazole rings is 1. The highest BCUT2D eigenvalue weighted by atomic mass is 32.1. The summed E-state index contributed by atoms with van der Waals surface area (Å²) in [4.78, 5) is 22.4. The molecule has 1 amide bonds. The average molecular weight is 482 g/mol. The van der Waals surface area contributed by atoms with Gasteiger partial charge in [0.1, 0.15) is 22.5 Å². The van der Waals surface area contributed by atoms with E-state index in [1.807, 2.05) is 6.92 Å². The molecule has 0 saturated heterocycles. The van der Waals surface area contributed by atoms with Crippen molar-refractivity contribution in [3.63, 3.8) is 0 Å². The number of aryl methyl sites for hydroxylation is 1. The quantitative estimate of drug-likeness (QED) is 0.380. The lowest BCUT2D eigenvalue weighted by Gasteiger charge is -2.30. The highest BCUT2D eigenvalue weighted by molar-refractivity contribution is 7.18. The third kappa shape index (κ3) is 3.62. The Hall–Kier alpha value is -3.70. The maximum atomic E-state index is 15.2. The van der Waals surface area contributed by atoms with Crippen LogP contribution in [0.2, 0.25) is 0 Å². The van der Waals surface area contributed by atoms with Crippen molar-refractivity contribution < 1.29 is 13.6 Å². The van der Waals surface area contributed by atoms with Crippen molar-refractivity contribution in [3.05, 3.63) is 58.7 Å². The van der Waals surface area contributed by atoms with Crippen molar-refractivity contribution >= 4 is 55.1 Å². The van der Waals surface area contributed by atoms with Crippen molar-refractivity contribution in [1.82, 2.24) is 29.8 Å². The van der Waals surface area contributed by atoms with Gasteiger partial charge in [0.25, 0.3) is 5.91 Å². The fraction of sp³-hybridized carbons (Fsp3) is 0.217. The minimum atomic E-state index is -0.702. The van der Waals surface area contributed by atoms with Crippen LogP contribution in [0.1, 0.15) is 22.3 Å². The number of anilines is 1. The molecule has 5 aromatic rings. The third-order valence-corrected chi connectivity index (χ3v) is 6.81. The zero-order chi connectivity index (χ0) is 24.1. The summed E-state index contributed by atoms with van der Waals surface area (Å²) < 4.78 is 31.1. The lowest BCUT2D eigenvalue weighted by Crippen LogP contribution is -2.43. The number of nitrogen functional groups attached to an aromatic ring is 1. The van der Waals surface area contributed by atoms with E-state index in [0.29, 0.717) is 43.6 Å². The Morgan fingerprint density at radius 1 is 1.15 bits per heavy atom. The second-order valence-electron chi connectivity index (χ2n) is 7.93. The second-order valence-corrected chi connectivity index (χ2v) is 9.05. The van der Waals surface area contributed by atoms with Crippen LogP contribution in [0.3, 0.4) is 0 Å². The Labute approximate surface area is 197 Å². The van der Waals surface area contributed by atoms with Crippen molar-refractivity contribution in [2.45, 2.75) is 13.5 Å². The van der Waals surface area contributed by atoms with Crippen molar-refractivity contribution in [3.8, 4) is 0 Å². The van der Waals surface area contributed by atoms with Crippen LogP contribution in [-0.4, -0.2) is 49.3 Å². The molecule has 2 aromatic carbocycles. The number of carbonyl (C=O) groups excluding carboxylic acids is 1. The van der Waals surface area contributed by atoms with E-state index in [1.54, 1.807) is 36.0 Å². The topological polar surface area (TPSA) is 93.2 Å². The molecule has 8 nitrogen and oxygen atoms in total. The van der Waals surface area contributed by atoms with Gasteiger partial charge in [-0.05, 0) is 24.3 Å². The molecule has 0 saturated carbocycles. The normalized spacial score (nSPS) is 11.8. The molecular weight excluding hydrogens is 460 g/mol. The molecule has 11 heteroatoms. The number of nitrogens with two attached hydrogens (primary N) is 1. The predicted octanol–water partition coefficient (Wildman–Crippen LogP) is 4.10. The van der Waals surface area contributed by atoms with Crippen LogP contribution in [-0.2, 0) is 13.6 Å². The molecular formula is C23H21F2N7OS. The number of halogens is 2. The molecule has 0 bridgehead atoms. The molecule has 0 fully saturated rings. The summed E-state index contributed by atoms with van der Waals surface area (Å²) in [5.41, 5.74) is 7.57. The van der Waals surface area contributed by atoms with Gasteiger partial charge in [-0.3, -0.25) is 14.5 Å². The van der Waals surface area contributed by atoms with E-state index >= 15 is 4.39 Å². The third-order valence-electron chi connectivity index (χ3n) is 5.81. The molecule has 3 heterocycles. The van der Waals surface area contributed by atoms with Gasteiger partial charge in [0, 0.05) is 32.1 Å². The van der Waals surface area contributed by atoms with Crippen LogP contribution in [0.4, 0.5) is 14.6 Å². The van der Waals surface area contributed by atoms with Crippen LogP contribution in [0, 0.1) is 11.6 Å². The molecule has 0 aliphatic heterocycles. The largest absolute Gasteiger partial charge is 0.383 e. The molecule has 3 aromatic heterocycles. The number of hydrazine groups is 1. The Balaban J connectivity index is 1.59. The summed E-state index contributed by atoms with van der Waals surface area (Å²) in [5, 5.41) is 9.17. The first-order valence-electron chi connectivity index (χ1n) is 10.5. The van der Waals surface area contributed by atoms with Crippen LogP contribution in [0.25, 0.3) is 32.0 Å². The second kappa shape index (κ2) is 8.26. The number of carbonyl (C=O) groups is 1. The summed E-state index contributed by atoms with van der Waals surface area (Å²) in [6.07, 6.45) is 1.59. The number of nitrogens with zero attached hydrogens (tertiary/aromatic N) is 6. The highest BCUT2D eigenvalue weighted by Gasteiger charge is 2.25. The molecule has 0 unspecified atom stereocenters. The highest BCUT2D eigenvalue weighted by Crippen LogP contribution is 2.30. The van der Waals surface area contributed by atoms with Gasteiger partial charge in [-0.15, -0.1) is 11.3 Å². The van der Waals surface area contributed by atoms with E-state index in [4.69, 9.17) is 5.73 Å². The van der Waals surface area contributed by atoms with Gasteiger partial charge in [0.2, 0.25) is 0 Å². The van der Waals surface area contributed by atoms with Crippen molar-refractivity contribution in [2.24, 2.45) is 7.05 Å². The van der Waals surface area contributed by atoms with Gasteiger partial charge in [-0.2, -0.15) is 5.10 Å². The summed E-state index contributed by atoms with van der Waals surface area (Å²) >= 11 is 1.29. The maximum absolute atomic E-state index is 15.2. The predicted molar refractivity (Wildman–Crippen MR) is 128 cm³/mol. The smallest absolute Gasteiger partial charge is 0.271 e. The van der Waals surface area contributed by atoms with Gasteiger partial charge in [-0.1, -0.05) is 6.92 Å². The molecule has 0 spiro atoms. The summed E-state index contributed by atoms with van der Waals surface area (Å²) in [7, 11) is 3.49. The molecule has 0 aliphatic rings. The zero-order valence-electron chi connectivity index (χ0n) is 18.7. The molecule has 34 heavy (non-hydrogen) atoms. The summed E-state index contributed by atoms with van der Waals surface area (Å²) in [5.74, 6) is -1.34. The van der Waals surface area contributed by atoms with Crippen molar-refractivity contribution in [1.29, 1.82) is 0 Å². The van der Waals surface area contributed by atoms with Crippen LogP contribution in [0.15, 0.2) is 36.5 Å². The average Bonchev–Trinajstić information content (AvgIpc) is 3.39. The van der Waals surface area contributed by atoms with Gasteiger partial charge < -0.3 is 5.73 Å². The lowest BCUT2D eigenvalue weighted by atomic mass is 10.1. The summed E-state index contributed by atoms with van der Waals surface area (Å²) in [6, 6.07) is 7.06. The van der Waals surface area contributed by atoms with E-state index in [-0.39, 0.29) is 23.7 Å². The van der Waals surface area contributed by atoms with E-state index in [0.717, 1.165) is 0 Å². The number of hydrogen-bond donors (Lipinski definition) is 1. The molecule has 174 valence electrons. The maximum Gasteiger partial charge on any atom is 0.271 e. The first-order valence-corrected chi connectivity index (χ1v) is 11.4. The number of pyridine rings is 1. The molecule has 0 aliphatic carbocycles. The number of hydrogen-bond acceptors (Lipinski definition) is 7. The fourth-order valence-electron chi connectivity index (χ4n) is 3.94. The summed E-state index contributed by atoms with van der Waals surface area (Å²) in [6.45, 7) is 2.50. The fourth-order valence-corrected chi connectivity index (χ4v) is 4.92. The Kier molecular flexibility index (Phi) is 5.37. The van der Waals surface area contributed by atoms with Gasteiger partial charge in [-0.25, -0.2) is 23.8 Å². The Morgan fingerprint density at radius 2 is 1.94 bits per heavy atom. The Morgan fingerprint density at radius 3 is 2.71 bits per heavy atom. The number of amides is 1. The molecule has 5 rings (SSSR count). The van der Waals surface area contributed by atoms with Crippen LogP contribution < -0.4 is 5.73 Å². The van der Waals surface area contributed by atoms with E-state index in [1.165, 1.54) is 40.6 Å².